The van der Waals surface area contributed by atoms with Gasteiger partial charge in [0.1, 0.15) is 5.75 Å². The summed E-state index contributed by atoms with van der Waals surface area (Å²) in [5, 5.41) is 0. The summed E-state index contributed by atoms with van der Waals surface area (Å²) in [6.45, 7) is 4.78. The van der Waals surface area contributed by atoms with Gasteiger partial charge in [-0.15, -0.1) is 0 Å². The van der Waals surface area contributed by atoms with E-state index in [0.717, 1.165) is 24.2 Å². The van der Waals surface area contributed by atoms with Crippen molar-refractivity contribution in [3.8, 4) is 5.75 Å². The molecule has 2 aromatic rings. The third-order valence-electron chi connectivity index (χ3n) is 3.72. The van der Waals surface area contributed by atoms with Gasteiger partial charge >= 0.3 is 0 Å². The highest BCUT2D eigenvalue weighted by Gasteiger charge is 2.28. The summed E-state index contributed by atoms with van der Waals surface area (Å²) in [5.41, 5.74) is 8.65. The third kappa shape index (κ3) is 3.20. The van der Waals surface area contributed by atoms with Gasteiger partial charge in [0.05, 0.1) is 6.61 Å². The molecule has 2 N–H and O–H groups in total. The van der Waals surface area contributed by atoms with Crippen LogP contribution < -0.4 is 10.5 Å². The van der Waals surface area contributed by atoms with Gasteiger partial charge in [-0.25, -0.2) is 0 Å². The highest BCUT2D eigenvalue weighted by Crippen LogP contribution is 2.33. The first kappa shape index (κ1) is 14.6. The molecule has 0 amide bonds. The number of ether oxygens (including phenoxy) is 1. The van der Waals surface area contributed by atoms with Gasteiger partial charge in [-0.2, -0.15) is 0 Å². The lowest BCUT2D eigenvalue weighted by Crippen LogP contribution is -2.38. The summed E-state index contributed by atoms with van der Waals surface area (Å²) in [6.07, 6.45) is 1.68. The maximum Gasteiger partial charge on any atom is 0.124 e. The van der Waals surface area contributed by atoms with Crippen LogP contribution in [0.2, 0.25) is 0 Å². The van der Waals surface area contributed by atoms with Crippen LogP contribution in [-0.4, -0.2) is 6.61 Å². The van der Waals surface area contributed by atoms with E-state index in [1.807, 2.05) is 31.2 Å². The van der Waals surface area contributed by atoms with Gasteiger partial charge < -0.3 is 10.5 Å². The highest BCUT2D eigenvalue weighted by molar-refractivity contribution is 5.40. The molecule has 0 heterocycles. The number of hydrogen-bond donors (Lipinski definition) is 1. The van der Waals surface area contributed by atoms with E-state index in [-0.39, 0.29) is 0 Å². The molecule has 1 unspecified atom stereocenters. The maximum absolute atomic E-state index is 6.70. The second kappa shape index (κ2) is 6.58. The van der Waals surface area contributed by atoms with Crippen LogP contribution in [0.3, 0.4) is 0 Å². The fourth-order valence-electron chi connectivity index (χ4n) is 2.53. The van der Waals surface area contributed by atoms with Crippen molar-refractivity contribution in [3.63, 3.8) is 0 Å². The van der Waals surface area contributed by atoms with Crippen molar-refractivity contribution in [2.24, 2.45) is 5.73 Å². The quantitative estimate of drug-likeness (QED) is 0.863. The third-order valence-corrected chi connectivity index (χ3v) is 3.72. The average Bonchev–Trinajstić information content (AvgIpc) is 2.49. The van der Waals surface area contributed by atoms with Crippen LogP contribution in [0.1, 0.15) is 31.4 Å². The Morgan fingerprint density at radius 1 is 0.950 bits per heavy atom. The van der Waals surface area contributed by atoms with Crippen LogP contribution in [0.4, 0.5) is 0 Å². The van der Waals surface area contributed by atoms with Gasteiger partial charge in [0.15, 0.2) is 0 Å². The van der Waals surface area contributed by atoms with Gasteiger partial charge in [-0.3, -0.25) is 0 Å². The predicted octanol–water partition coefficient (Wildman–Crippen LogP) is 3.89. The molecule has 2 aromatic carbocycles. The lowest BCUT2D eigenvalue weighted by atomic mass is 9.82. The number of rotatable bonds is 6. The molecule has 0 aliphatic carbocycles. The second-order valence-corrected chi connectivity index (χ2v) is 5.10. The van der Waals surface area contributed by atoms with Crippen LogP contribution in [0, 0.1) is 0 Å². The standard InChI is InChI=1S/C18H23NO/c1-3-18(19,14-15-10-6-5-7-11-15)16-12-8-9-13-17(16)20-4-2/h5-13H,3-4,14,19H2,1-2H3. The number of nitrogens with two attached hydrogens (primary N) is 1. The molecule has 0 aliphatic heterocycles. The van der Waals surface area contributed by atoms with Crippen molar-refractivity contribution in [2.45, 2.75) is 32.2 Å². The summed E-state index contributed by atoms with van der Waals surface area (Å²) in [4.78, 5) is 0. The molecular weight excluding hydrogens is 246 g/mol. The molecule has 0 aromatic heterocycles. The van der Waals surface area contributed by atoms with Crippen molar-refractivity contribution >= 4 is 0 Å². The molecule has 0 saturated carbocycles. The van der Waals surface area contributed by atoms with Gasteiger partial charge in [0, 0.05) is 11.1 Å². The molecule has 1 atom stereocenters. The lowest BCUT2D eigenvalue weighted by Gasteiger charge is -2.30. The summed E-state index contributed by atoms with van der Waals surface area (Å²) >= 11 is 0. The molecule has 2 rings (SSSR count). The molecular formula is C18H23NO. The second-order valence-electron chi connectivity index (χ2n) is 5.10. The molecule has 0 saturated heterocycles. The van der Waals surface area contributed by atoms with E-state index >= 15 is 0 Å². The van der Waals surface area contributed by atoms with Crippen LogP contribution >= 0.6 is 0 Å². The molecule has 0 radical (unpaired) electrons. The van der Waals surface area contributed by atoms with Gasteiger partial charge in [-0.05, 0) is 31.4 Å². The summed E-state index contributed by atoms with van der Waals surface area (Å²) < 4.78 is 5.74. The van der Waals surface area contributed by atoms with Crippen LogP contribution in [0.25, 0.3) is 0 Å². The van der Waals surface area contributed by atoms with Gasteiger partial charge in [0.2, 0.25) is 0 Å². The fraction of sp³-hybridized carbons (Fsp3) is 0.333. The smallest absolute Gasteiger partial charge is 0.124 e. The topological polar surface area (TPSA) is 35.2 Å². The Morgan fingerprint density at radius 2 is 1.60 bits per heavy atom. The minimum atomic E-state index is -0.396. The summed E-state index contributed by atoms with van der Waals surface area (Å²) in [7, 11) is 0. The van der Waals surface area contributed by atoms with E-state index in [2.05, 4.69) is 37.3 Å². The molecule has 0 spiro atoms. The molecule has 2 heteroatoms. The SMILES string of the molecule is CCOc1ccccc1C(N)(CC)Cc1ccccc1. The molecule has 106 valence electrons. The van der Waals surface area contributed by atoms with Crippen LogP contribution in [-0.2, 0) is 12.0 Å². The number of hydrogen-bond acceptors (Lipinski definition) is 2. The first-order valence-corrected chi connectivity index (χ1v) is 7.24. The first-order chi connectivity index (χ1) is 9.69. The number of para-hydroxylation sites is 1. The molecule has 0 bridgehead atoms. The Labute approximate surface area is 121 Å². The van der Waals surface area contributed by atoms with E-state index < -0.39 is 5.54 Å². The Kier molecular flexibility index (Phi) is 4.80. The monoisotopic (exact) mass is 269 g/mol. The first-order valence-electron chi connectivity index (χ1n) is 7.24. The maximum atomic E-state index is 6.70. The summed E-state index contributed by atoms with van der Waals surface area (Å²) in [6, 6.07) is 18.5. The zero-order chi connectivity index (χ0) is 14.4. The Bertz CT molecular complexity index is 538. The average molecular weight is 269 g/mol. The zero-order valence-corrected chi connectivity index (χ0v) is 12.3. The number of benzene rings is 2. The molecule has 2 nitrogen and oxygen atoms in total. The predicted molar refractivity (Wildman–Crippen MR) is 83.9 cm³/mol. The van der Waals surface area contributed by atoms with E-state index in [1.54, 1.807) is 0 Å². The van der Waals surface area contributed by atoms with Crippen molar-refractivity contribution in [2.75, 3.05) is 6.61 Å². The van der Waals surface area contributed by atoms with Crippen molar-refractivity contribution < 1.29 is 4.74 Å². The normalized spacial score (nSPS) is 13.8. The van der Waals surface area contributed by atoms with E-state index in [9.17, 15) is 0 Å². The Hall–Kier alpha value is -1.80. The Balaban J connectivity index is 2.35. The van der Waals surface area contributed by atoms with Crippen molar-refractivity contribution in [1.82, 2.24) is 0 Å². The minimum Gasteiger partial charge on any atom is -0.494 e. The Morgan fingerprint density at radius 3 is 2.25 bits per heavy atom. The molecule has 20 heavy (non-hydrogen) atoms. The van der Waals surface area contributed by atoms with E-state index in [0.29, 0.717) is 6.61 Å². The zero-order valence-electron chi connectivity index (χ0n) is 12.3. The fourth-order valence-corrected chi connectivity index (χ4v) is 2.53. The highest BCUT2D eigenvalue weighted by atomic mass is 16.5. The van der Waals surface area contributed by atoms with Gasteiger partial charge in [0.25, 0.3) is 0 Å². The van der Waals surface area contributed by atoms with E-state index in [4.69, 9.17) is 10.5 Å². The minimum absolute atomic E-state index is 0.396. The van der Waals surface area contributed by atoms with Crippen LogP contribution in [0.5, 0.6) is 5.75 Å². The van der Waals surface area contributed by atoms with Crippen LogP contribution in [0.15, 0.2) is 54.6 Å². The van der Waals surface area contributed by atoms with Crippen molar-refractivity contribution in [3.05, 3.63) is 65.7 Å². The van der Waals surface area contributed by atoms with Gasteiger partial charge in [-0.1, -0.05) is 55.5 Å². The summed E-state index contributed by atoms with van der Waals surface area (Å²) in [5.74, 6) is 0.898. The van der Waals surface area contributed by atoms with E-state index in [1.165, 1.54) is 5.56 Å². The lowest BCUT2D eigenvalue weighted by molar-refractivity contribution is 0.318. The molecule has 0 fully saturated rings. The van der Waals surface area contributed by atoms with Crippen molar-refractivity contribution in [1.29, 1.82) is 0 Å². The largest absolute Gasteiger partial charge is 0.494 e. The molecule has 0 aliphatic rings.